The second-order valence-electron chi connectivity index (χ2n) is 4.87. The monoisotopic (exact) mass is 407 g/mol. The van der Waals surface area contributed by atoms with Crippen LogP contribution in [-0.4, -0.2) is 29.2 Å². The highest BCUT2D eigenvalue weighted by Crippen LogP contribution is 2.26. The first-order chi connectivity index (χ1) is 9.11. The number of benzene rings is 1. The van der Waals surface area contributed by atoms with E-state index in [1.165, 1.54) is 6.42 Å². The molecule has 2 nitrogen and oxygen atoms in total. The van der Waals surface area contributed by atoms with Gasteiger partial charge in [-0.3, -0.25) is 4.79 Å². The van der Waals surface area contributed by atoms with Crippen molar-refractivity contribution in [2.24, 2.45) is 5.92 Å². The van der Waals surface area contributed by atoms with Gasteiger partial charge in [-0.1, -0.05) is 27.5 Å². The molecule has 0 radical (unpaired) electrons. The van der Waals surface area contributed by atoms with Crippen LogP contribution in [-0.2, 0) is 0 Å². The first-order valence-corrected chi connectivity index (χ1v) is 8.71. The van der Waals surface area contributed by atoms with Crippen molar-refractivity contribution in [2.75, 3.05) is 18.4 Å². The van der Waals surface area contributed by atoms with E-state index < -0.39 is 0 Å². The van der Waals surface area contributed by atoms with Gasteiger partial charge in [-0.15, -0.1) is 0 Å². The van der Waals surface area contributed by atoms with Gasteiger partial charge in [-0.25, -0.2) is 0 Å². The number of likely N-dealkylation sites (tertiary alicyclic amines) is 1. The van der Waals surface area contributed by atoms with Crippen molar-refractivity contribution in [1.29, 1.82) is 0 Å². The molecule has 1 fully saturated rings. The molecule has 1 aliphatic rings. The Labute approximate surface area is 135 Å². The molecule has 0 N–H and O–H groups in total. The van der Waals surface area contributed by atoms with E-state index in [0.717, 1.165) is 35.7 Å². The number of hydrogen-bond donors (Lipinski definition) is 0. The van der Waals surface area contributed by atoms with Crippen molar-refractivity contribution < 1.29 is 4.79 Å². The minimum absolute atomic E-state index is 0.108. The van der Waals surface area contributed by atoms with Crippen molar-refractivity contribution in [3.8, 4) is 0 Å². The van der Waals surface area contributed by atoms with Crippen LogP contribution in [0.4, 0.5) is 0 Å². The second-order valence-corrected chi connectivity index (χ2v) is 6.92. The highest BCUT2D eigenvalue weighted by molar-refractivity contribution is 9.10. The standard InChI is InChI=1S/C14H16Br2ClNO/c15-6-5-10-2-1-7-18(9-10)14(19)11-3-4-13(17)12(16)8-11/h3-4,8,10H,1-2,5-7,9H2. The summed E-state index contributed by atoms with van der Waals surface area (Å²) in [4.78, 5) is 14.4. The maximum atomic E-state index is 12.5. The maximum absolute atomic E-state index is 12.5. The second kappa shape index (κ2) is 7.09. The van der Waals surface area contributed by atoms with Crippen LogP contribution in [0.3, 0.4) is 0 Å². The number of hydrogen-bond acceptors (Lipinski definition) is 1. The molecule has 2 rings (SSSR count). The molecule has 1 unspecified atom stereocenters. The van der Waals surface area contributed by atoms with Gasteiger partial charge in [0.2, 0.25) is 0 Å². The Morgan fingerprint density at radius 1 is 1.47 bits per heavy atom. The molecule has 104 valence electrons. The van der Waals surface area contributed by atoms with Crippen molar-refractivity contribution in [3.63, 3.8) is 0 Å². The van der Waals surface area contributed by atoms with Gasteiger partial charge in [0, 0.05) is 28.5 Å². The van der Waals surface area contributed by atoms with Crippen LogP contribution in [0.15, 0.2) is 22.7 Å². The van der Waals surface area contributed by atoms with Gasteiger partial charge in [0.05, 0.1) is 5.02 Å². The van der Waals surface area contributed by atoms with Crippen LogP contribution < -0.4 is 0 Å². The van der Waals surface area contributed by atoms with E-state index in [0.29, 0.717) is 16.5 Å². The van der Waals surface area contributed by atoms with Crippen molar-refractivity contribution >= 4 is 49.4 Å². The third-order valence-electron chi connectivity index (χ3n) is 3.49. The van der Waals surface area contributed by atoms with E-state index in [1.54, 1.807) is 18.2 Å². The first kappa shape index (κ1) is 15.3. The van der Waals surface area contributed by atoms with Gasteiger partial charge in [-0.2, -0.15) is 0 Å². The predicted octanol–water partition coefficient (Wildman–Crippen LogP) is 4.74. The molecule has 0 aliphatic carbocycles. The number of rotatable bonds is 3. The average molecular weight is 410 g/mol. The molecule has 1 aliphatic heterocycles. The van der Waals surface area contributed by atoms with E-state index in [4.69, 9.17) is 11.6 Å². The molecule has 1 aromatic carbocycles. The molecule has 1 saturated heterocycles. The third-order valence-corrected chi connectivity index (χ3v) is 5.16. The summed E-state index contributed by atoms with van der Waals surface area (Å²) in [6.45, 7) is 1.72. The fraction of sp³-hybridized carbons (Fsp3) is 0.500. The lowest BCUT2D eigenvalue weighted by atomic mass is 9.95. The Morgan fingerprint density at radius 3 is 2.95 bits per heavy atom. The molecule has 19 heavy (non-hydrogen) atoms. The molecule has 5 heteroatoms. The zero-order valence-electron chi connectivity index (χ0n) is 10.5. The van der Waals surface area contributed by atoms with Gasteiger partial charge in [0.15, 0.2) is 0 Å². The summed E-state index contributed by atoms with van der Waals surface area (Å²) >= 11 is 12.8. The Morgan fingerprint density at radius 2 is 2.26 bits per heavy atom. The molecular formula is C14H16Br2ClNO. The quantitative estimate of drug-likeness (QED) is 0.661. The lowest BCUT2D eigenvalue weighted by Gasteiger charge is -2.32. The molecule has 1 heterocycles. The largest absolute Gasteiger partial charge is 0.338 e. The molecule has 1 atom stereocenters. The summed E-state index contributed by atoms with van der Waals surface area (Å²) in [5, 5.41) is 1.64. The van der Waals surface area contributed by atoms with Crippen LogP contribution >= 0.6 is 43.5 Å². The average Bonchev–Trinajstić information content (AvgIpc) is 2.42. The minimum atomic E-state index is 0.108. The normalized spacial score (nSPS) is 19.5. The molecule has 0 bridgehead atoms. The lowest BCUT2D eigenvalue weighted by Crippen LogP contribution is -2.40. The van der Waals surface area contributed by atoms with Crippen LogP contribution in [0.25, 0.3) is 0 Å². The number of nitrogens with zero attached hydrogens (tertiary/aromatic N) is 1. The zero-order chi connectivity index (χ0) is 13.8. The Kier molecular flexibility index (Phi) is 5.72. The summed E-state index contributed by atoms with van der Waals surface area (Å²) in [5.74, 6) is 0.726. The smallest absolute Gasteiger partial charge is 0.253 e. The highest BCUT2D eigenvalue weighted by Gasteiger charge is 2.24. The van der Waals surface area contributed by atoms with Crippen LogP contribution in [0, 0.1) is 5.92 Å². The van der Waals surface area contributed by atoms with Gasteiger partial charge in [-0.05, 0) is 59.3 Å². The topological polar surface area (TPSA) is 20.3 Å². The van der Waals surface area contributed by atoms with Gasteiger partial charge < -0.3 is 4.90 Å². The van der Waals surface area contributed by atoms with Crippen molar-refractivity contribution in [3.05, 3.63) is 33.3 Å². The number of amides is 1. The van der Waals surface area contributed by atoms with Crippen molar-refractivity contribution in [2.45, 2.75) is 19.3 Å². The SMILES string of the molecule is O=C(c1ccc(Cl)c(Br)c1)N1CCCC(CCBr)C1. The molecule has 0 saturated carbocycles. The Bertz CT molecular complexity index is 465. The van der Waals surface area contributed by atoms with Crippen molar-refractivity contribution in [1.82, 2.24) is 4.90 Å². The van der Waals surface area contributed by atoms with E-state index in [9.17, 15) is 4.79 Å². The van der Waals surface area contributed by atoms with Gasteiger partial charge in [0.25, 0.3) is 5.91 Å². The van der Waals surface area contributed by atoms with Crippen LogP contribution in [0.1, 0.15) is 29.6 Å². The predicted molar refractivity (Wildman–Crippen MR) is 86.2 cm³/mol. The molecule has 0 aromatic heterocycles. The highest BCUT2D eigenvalue weighted by atomic mass is 79.9. The van der Waals surface area contributed by atoms with E-state index >= 15 is 0 Å². The fourth-order valence-corrected chi connectivity index (χ4v) is 3.60. The lowest BCUT2D eigenvalue weighted by molar-refractivity contribution is 0.0672. The Balaban J connectivity index is 2.08. The molecular weight excluding hydrogens is 393 g/mol. The molecule has 0 spiro atoms. The zero-order valence-corrected chi connectivity index (χ0v) is 14.5. The van der Waals surface area contributed by atoms with Gasteiger partial charge in [0.1, 0.15) is 0 Å². The first-order valence-electron chi connectivity index (χ1n) is 6.42. The molecule has 1 amide bonds. The van der Waals surface area contributed by atoms with E-state index in [-0.39, 0.29) is 5.91 Å². The number of carbonyl (C=O) groups excluding carboxylic acids is 1. The maximum Gasteiger partial charge on any atom is 0.253 e. The summed E-state index contributed by atoms with van der Waals surface area (Å²) in [5.41, 5.74) is 0.704. The van der Waals surface area contributed by atoms with Crippen LogP contribution in [0.5, 0.6) is 0 Å². The van der Waals surface area contributed by atoms with E-state index in [2.05, 4.69) is 31.9 Å². The number of piperidine rings is 1. The summed E-state index contributed by atoms with van der Waals surface area (Å²) in [6.07, 6.45) is 3.45. The summed E-state index contributed by atoms with van der Waals surface area (Å²) in [6, 6.07) is 5.36. The minimum Gasteiger partial charge on any atom is -0.338 e. The summed E-state index contributed by atoms with van der Waals surface area (Å²) < 4.78 is 0.772. The third kappa shape index (κ3) is 3.96. The fourth-order valence-electron chi connectivity index (χ4n) is 2.45. The molecule has 1 aromatic rings. The van der Waals surface area contributed by atoms with Gasteiger partial charge >= 0.3 is 0 Å². The number of halogens is 3. The number of carbonyl (C=O) groups is 1. The summed E-state index contributed by atoms with van der Waals surface area (Å²) in [7, 11) is 0. The Hall–Kier alpha value is -0.0600. The van der Waals surface area contributed by atoms with E-state index in [1.807, 2.05) is 4.90 Å². The van der Waals surface area contributed by atoms with Crippen LogP contribution in [0.2, 0.25) is 5.02 Å². The number of alkyl halides is 1.